The highest BCUT2D eigenvalue weighted by Crippen LogP contribution is 2.21. The minimum atomic E-state index is -0.458. The average molecular weight is 340 g/mol. The van der Waals surface area contributed by atoms with E-state index in [2.05, 4.69) is 15.7 Å². The molecular formula is C19H20N2O4. The number of nitrogens with zero attached hydrogens (tertiary/aromatic N) is 2. The molecule has 1 aromatic heterocycles. The Bertz CT molecular complexity index is 752. The summed E-state index contributed by atoms with van der Waals surface area (Å²) < 4.78 is 16.1. The molecule has 1 aliphatic rings. The van der Waals surface area contributed by atoms with E-state index >= 15 is 0 Å². The number of rotatable bonds is 5. The van der Waals surface area contributed by atoms with E-state index in [-0.39, 0.29) is 11.9 Å². The van der Waals surface area contributed by atoms with Crippen molar-refractivity contribution in [3.8, 4) is 11.8 Å². The van der Waals surface area contributed by atoms with Crippen molar-refractivity contribution in [1.29, 1.82) is 5.26 Å². The molecule has 130 valence electrons. The summed E-state index contributed by atoms with van der Waals surface area (Å²) in [5.74, 6) is 1.33. The van der Waals surface area contributed by atoms with Crippen LogP contribution in [0.1, 0.15) is 34.7 Å². The number of likely N-dealkylation sites (tertiary alicyclic amines) is 1. The van der Waals surface area contributed by atoms with Crippen LogP contribution < -0.4 is 4.74 Å². The monoisotopic (exact) mass is 340 g/mol. The maximum Gasteiger partial charge on any atom is 0.373 e. The van der Waals surface area contributed by atoms with Crippen LogP contribution in [-0.4, -0.2) is 37.2 Å². The number of esters is 1. The topological polar surface area (TPSA) is 75.7 Å². The van der Waals surface area contributed by atoms with Crippen LogP contribution in [0.15, 0.2) is 40.8 Å². The molecule has 0 spiro atoms. The van der Waals surface area contributed by atoms with Crippen LogP contribution in [0.25, 0.3) is 0 Å². The molecule has 0 saturated carbocycles. The first kappa shape index (κ1) is 17.1. The Balaban J connectivity index is 1.47. The molecule has 1 saturated heterocycles. The quantitative estimate of drug-likeness (QED) is 0.779. The van der Waals surface area contributed by atoms with Crippen molar-refractivity contribution in [3.05, 3.63) is 53.5 Å². The maximum atomic E-state index is 11.4. The van der Waals surface area contributed by atoms with Crippen LogP contribution in [0.3, 0.4) is 0 Å². The Hall–Kier alpha value is -2.78. The van der Waals surface area contributed by atoms with E-state index in [1.165, 1.54) is 7.11 Å². The van der Waals surface area contributed by atoms with E-state index in [4.69, 9.17) is 14.4 Å². The minimum Gasteiger partial charge on any atom is -0.490 e. The Labute approximate surface area is 146 Å². The Kier molecular flexibility index (Phi) is 5.36. The molecule has 0 N–H and O–H groups in total. The minimum absolute atomic E-state index is 0.173. The number of piperidine rings is 1. The molecule has 1 aromatic carbocycles. The number of carbonyl (C=O) groups excluding carboxylic acids is 1. The van der Waals surface area contributed by atoms with E-state index in [1.807, 2.05) is 18.2 Å². The van der Waals surface area contributed by atoms with Crippen molar-refractivity contribution < 1.29 is 18.7 Å². The van der Waals surface area contributed by atoms with Gasteiger partial charge in [0, 0.05) is 13.1 Å². The highest BCUT2D eigenvalue weighted by atomic mass is 16.5. The van der Waals surface area contributed by atoms with Crippen molar-refractivity contribution in [3.63, 3.8) is 0 Å². The van der Waals surface area contributed by atoms with Crippen LogP contribution in [0.2, 0.25) is 0 Å². The van der Waals surface area contributed by atoms with Crippen LogP contribution >= 0.6 is 0 Å². The first-order valence-corrected chi connectivity index (χ1v) is 8.24. The lowest BCUT2D eigenvalue weighted by Crippen LogP contribution is -2.37. The first-order valence-electron chi connectivity index (χ1n) is 8.24. The van der Waals surface area contributed by atoms with Gasteiger partial charge in [-0.15, -0.1) is 0 Å². The Morgan fingerprint density at radius 1 is 1.24 bits per heavy atom. The second-order valence-electron chi connectivity index (χ2n) is 5.99. The van der Waals surface area contributed by atoms with Crippen molar-refractivity contribution in [2.24, 2.45) is 0 Å². The summed E-state index contributed by atoms with van der Waals surface area (Å²) in [5, 5.41) is 8.82. The standard InChI is InChI=1S/C19H20N2O4/c1-23-19(22)18-7-6-17(25-18)13-21-10-8-16(9-11-21)24-15-4-2-14(12-20)3-5-15/h2-7,16H,8-11,13H2,1H3. The molecular weight excluding hydrogens is 320 g/mol. The molecule has 0 radical (unpaired) electrons. The van der Waals surface area contributed by atoms with Crippen LogP contribution in [-0.2, 0) is 11.3 Å². The Morgan fingerprint density at radius 3 is 2.60 bits per heavy atom. The van der Waals surface area contributed by atoms with Gasteiger partial charge in [0.05, 0.1) is 25.3 Å². The van der Waals surface area contributed by atoms with E-state index in [0.29, 0.717) is 12.1 Å². The summed E-state index contributed by atoms with van der Waals surface area (Å²) >= 11 is 0. The zero-order valence-electron chi connectivity index (χ0n) is 14.1. The lowest BCUT2D eigenvalue weighted by atomic mass is 10.1. The fourth-order valence-electron chi connectivity index (χ4n) is 2.88. The molecule has 1 fully saturated rings. The third-order valence-corrected chi connectivity index (χ3v) is 4.25. The third kappa shape index (κ3) is 4.40. The molecule has 0 aliphatic carbocycles. The number of benzene rings is 1. The summed E-state index contributed by atoms with van der Waals surface area (Å²) in [4.78, 5) is 13.7. The molecule has 2 aromatic rings. The van der Waals surface area contributed by atoms with Crippen molar-refractivity contribution in [1.82, 2.24) is 4.90 Å². The van der Waals surface area contributed by atoms with Gasteiger partial charge in [-0.2, -0.15) is 5.26 Å². The van der Waals surface area contributed by atoms with Crippen LogP contribution in [0, 0.1) is 11.3 Å². The van der Waals surface area contributed by atoms with Gasteiger partial charge in [-0.25, -0.2) is 4.79 Å². The third-order valence-electron chi connectivity index (χ3n) is 4.25. The van der Waals surface area contributed by atoms with Crippen LogP contribution in [0.4, 0.5) is 0 Å². The van der Waals surface area contributed by atoms with Gasteiger partial charge >= 0.3 is 5.97 Å². The second kappa shape index (κ2) is 7.86. The number of ether oxygens (including phenoxy) is 2. The number of carbonyl (C=O) groups is 1. The second-order valence-corrected chi connectivity index (χ2v) is 5.99. The van der Waals surface area contributed by atoms with Crippen LogP contribution in [0.5, 0.6) is 5.75 Å². The lowest BCUT2D eigenvalue weighted by Gasteiger charge is -2.31. The maximum absolute atomic E-state index is 11.4. The molecule has 0 amide bonds. The van der Waals surface area contributed by atoms with Gasteiger partial charge in [-0.05, 0) is 49.2 Å². The summed E-state index contributed by atoms with van der Waals surface area (Å²) in [6.07, 6.45) is 2.02. The highest BCUT2D eigenvalue weighted by molar-refractivity contribution is 5.86. The number of methoxy groups -OCH3 is 1. The zero-order chi connectivity index (χ0) is 17.6. The molecule has 1 aliphatic heterocycles. The average Bonchev–Trinajstić information content (AvgIpc) is 3.12. The SMILES string of the molecule is COC(=O)c1ccc(CN2CCC(Oc3ccc(C#N)cc3)CC2)o1. The molecule has 0 unspecified atom stereocenters. The first-order chi connectivity index (χ1) is 12.2. The summed E-state index contributed by atoms with van der Waals surface area (Å²) in [6, 6.07) is 12.8. The van der Waals surface area contributed by atoms with Crippen molar-refractivity contribution in [2.45, 2.75) is 25.5 Å². The normalized spacial score (nSPS) is 15.5. The van der Waals surface area contributed by atoms with Crippen molar-refractivity contribution in [2.75, 3.05) is 20.2 Å². The summed E-state index contributed by atoms with van der Waals surface area (Å²) in [7, 11) is 1.34. The zero-order valence-corrected chi connectivity index (χ0v) is 14.1. The largest absolute Gasteiger partial charge is 0.490 e. The van der Waals surface area contributed by atoms with Gasteiger partial charge in [0.15, 0.2) is 0 Å². The van der Waals surface area contributed by atoms with E-state index in [1.54, 1.807) is 18.2 Å². The van der Waals surface area contributed by atoms with Gasteiger partial charge < -0.3 is 13.9 Å². The number of hydrogen-bond acceptors (Lipinski definition) is 6. The van der Waals surface area contributed by atoms with Crippen molar-refractivity contribution >= 4 is 5.97 Å². The summed E-state index contributed by atoms with van der Waals surface area (Å²) in [5.41, 5.74) is 0.631. The fourth-order valence-corrected chi connectivity index (χ4v) is 2.88. The number of furan rings is 1. The summed E-state index contributed by atoms with van der Waals surface area (Å²) in [6.45, 7) is 2.46. The molecule has 25 heavy (non-hydrogen) atoms. The fraction of sp³-hybridized carbons (Fsp3) is 0.368. The highest BCUT2D eigenvalue weighted by Gasteiger charge is 2.22. The predicted molar refractivity (Wildman–Crippen MR) is 90.1 cm³/mol. The smallest absolute Gasteiger partial charge is 0.373 e. The van der Waals surface area contributed by atoms with E-state index < -0.39 is 5.97 Å². The molecule has 3 rings (SSSR count). The van der Waals surface area contributed by atoms with Gasteiger partial charge in [0.1, 0.15) is 17.6 Å². The van der Waals surface area contributed by atoms with E-state index in [9.17, 15) is 4.79 Å². The van der Waals surface area contributed by atoms with Gasteiger partial charge in [0.25, 0.3) is 0 Å². The number of hydrogen-bond donors (Lipinski definition) is 0. The van der Waals surface area contributed by atoms with E-state index in [0.717, 1.165) is 37.4 Å². The lowest BCUT2D eigenvalue weighted by molar-refractivity contribution is 0.0558. The molecule has 0 atom stereocenters. The molecule has 6 nitrogen and oxygen atoms in total. The molecule has 6 heteroatoms. The molecule has 0 bridgehead atoms. The predicted octanol–water partition coefficient (Wildman–Crippen LogP) is 2.98. The van der Waals surface area contributed by atoms with Gasteiger partial charge in [0.2, 0.25) is 5.76 Å². The number of nitriles is 1. The van der Waals surface area contributed by atoms with Gasteiger partial charge in [-0.3, -0.25) is 4.90 Å². The van der Waals surface area contributed by atoms with Gasteiger partial charge in [-0.1, -0.05) is 0 Å². The Morgan fingerprint density at radius 2 is 1.96 bits per heavy atom. The molecule has 2 heterocycles.